The molecule has 0 saturated heterocycles. The van der Waals surface area contributed by atoms with E-state index in [4.69, 9.17) is 11.5 Å². The summed E-state index contributed by atoms with van der Waals surface area (Å²) in [5.41, 5.74) is 13.6. The molecule has 0 spiro atoms. The second-order valence-corrected chi connectivity index (χ2v) is 7.44. The molecule has 0 fully saturated rings. The van der Waals surface area contributed by atoms with Crippen molar-refractivity contribution >= 4 is 34.9 Å². The van der Waals surface area contributed by atoms with Crippen LogP contribution in [-0.4, -0.2) is 0 Å². The maximum Gasteiger partial charge on any atom is 0.0992 e. The maximum absolute atomic E-state index is 9.29. The quantitative estimate of drug-likeness (QED) is 0.646. The summed E-state index contributed by atoms with van der Waals surface area (Å²) in [6.45, 7) is 0. The summed E-state index contributed by atoms with van der Waals surface area (Å²) in [7, 11) is 0. The molecule has 0 unspecified atom stereocenters. The molecule has 0 amide bonds. The van der Waals surface area contributed by atoms with Gasteiger partial charge in [0.2, 0.25) is 0 Å². The molecule has 0 aromatic heterocycles. The van der Waals surface area contributed by atoms with Gasteiger partial charge in [-0.15, -0.1) is 0 Å². The Morgan fingerprint density at radius 2 is 1.04 bits per heavy atom. The molecule has 3 nitrogen and oxygen atoms in total. The van der Waals surface area contributed by atoms with Crippen LogP contribution in [0.5, 0.6) is 0 Å². The number of anilines is 2. The molecule has 3 aromatic carbocycles. The van der Waals surface area contributed by atoms with Crippen LogP contribution in [0.2, 0.25) is 0 Å². The Labute approximate surface area is 149 Å². The molecule has 3 aromatic rings. The minimum absolute atomic E-state index is 0.647. The normalized spacial score (nSPS) is 10.3. The van der Waals surface area contributed by atoms with Crippen molar-refractivity contribution in [3.05, 3.63) is 72.3 Å². The van der Waals surface area contributed by atoms with Gasteiger partial charge in [-0.1, -0.05) is 23.5 Å². The van der Waals surface area contributed by atoms with Crippen molar-refractivity contribution in [1.29, 1.82) is 5.26 Å². The number of hydrogen-bond acceptors (Lipinski definition) is 5. The molecule has 0 saturated carbocycles. The Morgan fingerprint density at radius 1 is 0.625 bits per heavy atom. The zero-order chi connectivity index (χ0) is 16.9. The van der Waals surface area contributed by atoms with Crippen molar-refractivity contribution in [1.82, 2.24) is 0 Å². The lowest BCUT2D eigenvalue weighted by atomic mass is 10.2. The zero-order valence-electron chi connectivity index (χ0n) is 12.8. The second-order valence-electron chi connectivity index (χ2n) is 5.15. The van der Waals surface area contributed by atoms with Crippen LogP contribution in [0.1, 0.15) is 5.56 Å². The number of rotatable bonds is 4. The van der Waals surface area contributed by atoms with Crippen LogP contribution >= 0.6 is 23.5 Å². The van der Waals surface area contributed by atoms with E-state index < -0.39 is 0 Å². The third-order valence-corrected chi connectivity index (χ3v) is 5.20. The molecule has 0 radical (unpaired) electrons. The first-order chi connectivity index (χ1) is 11.6. The van der Waals surface area contributed by atoms with Crippen molar-refractivity contribution in [2.75, 3.05) is 11.5 Å². The highest BCUT2D eigenvalue weighted by Crippen LogP contribution is 2.35. The van der Waals surface area contributed by atoms with Gasteiger partial charge < -0.3 is 11.5 Å². The topological polar surface area (TPSA) is 75.8 Å². The molecule has 0 bridgehead atoms. The van der Waals surface area contributed by atoms with Crippen LogP contribution in [0.4, 0.5) is 11.4 Å². The lowest BCUT2D eigenvalue weighted by molar-refractivity contribution is 1.28. The molecule has 0 aliphatic carbocycles. The minimum atomic E-state index is 0.647. The second kappa shape index (κ2) is 7.35. The van der Waals surface area contributed by atoms with Crippen LogP contribution < -0.4 is 11.5 Å². The fourth-order valence-electron chi connectivity index (χ4n) is 2.10. The van der Waals surface area contributed by atoms with Gasteiger partial charge in [-0.2, -0.15) is 5.26 Å². The van der Waals surface area contributed by atoms with E-state index in [2.05, 4.69) is 12.1 Å². The summed E-state index contributed by atoms with van der Waals surface area (Å²) in [6.07, 6.45) is 0. The Balaban J connectivity index is 1.86. The molecule has 118 valence electrons. The highest BCUT2D eigenvalue weighted by molar-refractivity contribution is 8.00. The number of nitrogen functional groups attached to an aromatic ring is 2. The third-order valence-electron chi connectivity index (χ3n) is 3.24. The molecule has 4 N–H and O–H groups in total. The fraction of sp³-hybridized carbons (Fsp3) is 0. The van der Waals surface area contributed by atoms with Gasteiger partial charge in [0.1, 0.15) is 0 Å². The number of hydrogen-bond donors (Lipinski definition) is 2. The first-order valence-electron chi connectivity index (χ1n) is 7.24. The van der Waals surface area contributed by atoms with Crippen molar-refractivity contribution in [2.24, 2.45) is 0 Å². The molecule has 0 aliphatic heterocycles. The summed E-state index contributed by atoms with van der Waals surface area (Å²) in [5, 5.41) is 9.29. The van der Waals surface area contributed by atoms with Crippen molar-refractivity contribution in [3.63, 3.8) is 0 Å². The van der Waals surface area contributed by atoms with E-state index in [1.807, 2.05) is 60.7 Å². The van der Waals surface area contributed by atoms with Gasteiger partial charge in [0, 0.05) is 31.0 Å². The van der Waals surface area contributed by atoms with E-state index in [9.17, 15) is 5.26 Å². The average Bonchev–Trinajstić information content (AvgIpc) is 2.59. The summed E-state index contributed by atoms with van der Waals surface area (Å²) in [6, 6.07) is 23.5. The van der Waals surface area contributed by atoms with Gasteiger partial charge in [-0.3, -0.25) is 0 Å². The average molecular weight is 349 g/mol. The van der Waals surface area contributed by atoms with Crippen molar-refractivity contribution in [3.8, 4) is 6.07 Å². The van der Waals surface area contributed by atoms with E-state index in [-0.39, 0.29) is 0 Å². The van der Waals surface area contributed by atoms with Crippen LogP contribution in [0.25, 0.3) is 0 Å². The molecule has 0 aliphatic rings. The monoisotopic (exact) mass is 349 g/mol. The standard InChI is InChI=1S/C19H15N3S2/c20-12-13-9-18(23-16-5-1-14(21)2-6-16)11-19(10-13)24-17-7-3-15(22)4-8-17/h1-11H,21-22H2. The van der Waals surface area contributed by atoms with Crippen LogP contribution in [0.3, 0.4) is 0 Å². The molecule has 0 atom stereocenters. The fourth-order valence-corrected chi connectivity index (χ4v) is 4.00. The molecule has 5 heteroatoms. The summed E-state index contributed by atoms with van der Waals surface area (Å²) >= 11 is 3.23. The first kappa shape index (κ1) is 16.3. The molecular weight excluding hydrogens is 334 g/mol. The number of nitrogens with zero attached hydrogens (tertiary/aromatic N) is 1. The number of nitriles is 1. The molecule has 3 rings (SSSR count). The molecule has 0 heterocycles. The Morgan fingerprint density at radius 3 is 1.42 bits per heavy atom. The highest BCUT2D eigenvalue weighted by Gasteiger charge is 2.05. The molecule has 24 heavy (non-hydrogen) atoms. The van der Waals surface area contributed by atoms with Gasteiger partial charge in [0.25, 0.3) is 0 Å². The third kappa shape index (κ3) is 4.25. The van der Waals surface area contributed by atoms with Gasteiger partial charge in [0.15, 0.2) is 0 Å². The van der Waals surface area contributed by atoms with E-state index >= 15 is 0 Å². The Bertz CT molecular complexity index is 816. The SMILES string of the molecule is N#Cc1cc(Sc2ccc(N)cc2)cc(Sc2ccc(N)cc2)c1. The van der Waals surface area contributed by atoms with Gasteiger partial charge >= 0.3 is 0 Å². The predicted molar refractivity (Wildman–Crippen MR) is 101 cm³/mol. The lowest BCUT2D eigenvalue weighted by Gasteiger charge is -2.07. The van der Waals surface area contributed by atoms with E-state index in [0.717, 1.165) is 31.0 Å². The smallest absolute Gasteiger partial charge is 0.0992 e. The van der Waals surface area contributed by atoms with Gasteiger partial charge in [-0.05, 0) is 66.7 Å². The van der Waals surface area contributed by atoms with Crippen molar-refractivity contribution < 1.29 is 0 Å². The van der Waals surface area contributed by atoms with Crippen molar-refractivity contribution in [2.45, 2.75) is 19.6 Å². The molecular formula is C19H15N3S2. The van der Waals surface area contributed by atoms with E-state index in [0.29, 0.717) is 5.56 Å². The van der Waals surface area contributed by atoms with Crippen LogP contribution in [-0.2, 0) is 0 Å². The van der Waals surface area contributed by atoms with Gasteiger partial charge in [-0.25, -0.2) is 0 Å². The largest absolute Gasteiger partial charge is 0.399 e. The van der Waals surface area contributed by atoms with Gasteiger partial charge in [0.05, 0.1) is 11.6 Å². The van der Waals surface area contributed by atoms with E-state index in [1.54, 1.807) is 23.5 Å². The maximum atomic E-state index is 9.29. The minimum Gasteiger partial charge on any atom is -0.399 e. The Hall–Kier alpha value is -2.55. The first-order valence-corrected chi connectivity index (χ1v) is 8.88. The lowest BCUT2D eigenvalue weighted by Crippen LogP contribution is -1.85. The zero-order valence-corrected chi connectivity index (χ0v) is 14.4. The van der Waals surface area contributed by atoms with E-state index in [1.165, 1.54) is 0 Å². The predicted octanol–water partition coefficient (Wildman–Crippen LogP) is 5.03. The van der Waals surface area contributed by atoms with Crippen LogP contribution in [0, 0.1) is 11.3 Å². The summed E-state index contributed by atoms with van der Waals surface area (Å²) in [4.78, 5) is 4.22. The Kier molecular flexibility index (Phi) is 4.99. The number of nitrogens with two attached hydrogens (primary N) is 2. The number of benzene rings is 3. The van der Waals surface area contributed by atoms with Crippen LogP contribution in [0.15, 0.2) is 86.3 Å². The summed E-state index contributed by atoms with van der Waals surface area (Å²) < 4.78 is 0. The highest BCUT2D eigenvalue weighted by atomic mass is 32.2. The summed E-state index contributed by atoms with van der Waals surface area (Å²) in [5.74, 6) is 0.